The number of nitrogens with zero attached hydrogens (tertiary/aromatic N) is 3. The van der Waals surface area contributed by atoms with Crippen LogP contribution in [0.15, 0.2) is 4.52 Å². The summed E-state index contributed by atoms with van der Waals surface area (Å²) in [5.74, 6) is 2.23. The molecule has 1 unspecified atom stereocenters. The third kappa shape index (κ3) is 3.51. The smallest absolute Gasteiger partial charge is 0.240 e. The van der Waals surface area contributed by atoms with E-state index in [0.717, 1.165) is 18.8 Å². The molecule has 5 heteroatoms. The van der Waals surface area contributed by atoms with E-state index in [1.807, 2.05) is 7.05 Å². The average Bonchev–Trinajstić information content (AvgIpc) is 2.77. The van der Waals surface area contributed by atoms with Gasteiger partial charge in [0, 0.05) is 13.0 Å². The Morgan fingerprint density at radius 1 is 1.53 bits per heavy atom. The Morgan fingerprint density at radius 2 is 2.41 bits per heavy atom. The van der Waals surface area contributed by atoms with E-state index in [2.05, 4.69) is 27.3 Å². The lowest BCUT2D eigenvalue weighted by molar-refractivity contribution is 0.180. The molecule has 0 aliphatic carbocycles. The molecule has 1 saturated heterocycles. The first-order valence-corrected chi connectivity index (χ1v) is 6.50. The Morgan fingerprint density at radius 3 is 3.18 bits per heavy atom. The zero-order valence-corrected chi connectivity index (χ0v) is 10.8. The molecule has 17 heavy (non-hydrogen) atoms. The average molecular weight is 238 g/mol. The van der Waals surface area contributed by atoms with Crippen molar-refractivity contribution in [2.45, 2.75) is 32.7 Å². The lowest BCUT2D eigenvalue weighted by Crippen LogP contribution is -2.36. The van der Waals surface area contributed by atoms with Crippen molar-refractivity contribution in [3.8, 4) is 0 Å². The summed E-state index contributed by atoms with van der Waals surface area (Å²) in [5, 5.41) is 7.05. The quantitative estimate of drug-likeness (QED) is 0.831. The molecule has 0 aromatic carbocycles. The standard InChI is InChI=1S/C12H22N4O/c1-3-16-6-4-5-10(9-16)7-11-14-12(8-13-2)17-15-11/h10,13H,3-9H2,1-2H3. The number of hydrogen-bond donors (Lipinski definition) is 1. The van der Waals surface area contributed by atoms with Crippen LogP contribution in [0.2, 0.25) is 0 Å². The molecule has 0 bridgehead atoms. The van der Waals surface area contributed by atoms with Gasteiger partial charge in [-0.25, -0.2) is 0 Å². The van der Waals surface area contributed by atoms with Crippen LogP contribution in [0, 0.1) is 5.92 Å². The van der Waals surface area contributed by atoms with Gasteiger partial charge in [-0.2, -0.15) is 4.98 Å². The van der Waals surface area contributed by atoms with Gasteiger partial charge in [-0.05, 0) is 38.9 Å². The second-order valence-electron chi connectivity index (χ2n) is 4.74. The third-order valence-corrected chi connectivity index (χ3v) is 3.36. The van der Waals surface area contributed by atoms with Crippen molar-refractivity contribution >= 4 is 0 Å². The fraction of sp³-hybridized carbons (Fsp3) is 0.833. The molecular formula is C12H22N4O. The molecule has 1 aromatic rings. The van der Waals surface area contributed by atoms with E-state index < -0.39 is 0 Å². The van der Waals surface area contributed by atoms with E-state index in [1.165, 1.54) is 25.9 Å². The fourth-order valence-electron chi connectivity index (χ4n) is 2.46. The fourth-order valence-corrected chi connectivity index (χ4v) is 2.46. The Kier molecular flexibility index (Phi) is 4.50. The van der Waals surface area contributed by atoms with Crippen LogP contribution in [0.4, 0.5) is 0 Å². The van der Waals surface area contributed by atoms with Gasteiger partial charge in [-0.15, -0.1) is 0 Å². The number of nitrogens with one attached hydrogen (secondary N) is 1. The maximum absolute atomic E-state index is 5.16. The van der Waals surface area contributed by atoms with Gasteiger partial charge in [-0.3, -0.25) is 0 Å². The highest BCUT2D eigenvalue weighted by Gasteiger charge is 2.20. The van der Waals surface area contributed by atoms with Crippen LogP contribution in [0.25, 0.3) is 0 Å². The molecule has 0 amide bonds. The largest absolute Gasteiger partial charge is 0.338 e. The predicted molar refractivity (Wildman–Crippen MR) is 65.6 cm³/mol. The lowest BCUT2D eigenvalue weighted by Gasteiger charge is -2.31. The SMILES string of the molecule is CCN1CCCC(Cc2noc(CNC)n2)C1. The van der Waals surface area contributed by atoms with Gasteiger partial charge in [0.2, 0.25) is 5.89 Å². The molecule has 1 aromatic heterocycles. The second kappa shape index (κ2) is 6.12. The predicted octanol–water partition coefficient (Wildman–Crippen LogP) is 1.06. The van der Waals surface area contributed by atoms with Gasteiger partial charge in [0.05, 0.1) is 6.54 Å². The van der Waals surface area contributed by atoms with E-state index in [1.54, 1.807) is 0 Å². The van der Waals surface area contributed by atoms with Crippen molar-refractivity contribution in [3.63, 3.8) is 0 Å². The number of rotatable bonds is 5. The Labute approximate surface area is 103 Å². The summed E-state index contributed by atoms with van der Waals surface area (Å²) in [6, 6.07) is 0. The van der Waals surface area contributed by atoms with Crippen LogP contribution in [0.3, 0.4) is 0 Å². The molecule has 5 nitrogen and oxygen atoms in total. The molecule has 1 aliphatic rings. The maximum atomic E-state index is 5.16. The molecule has 1 fully saturated rings. The molecule has 0 saturated carbocycles. The summed E-state index contributed by atoms with van der Waals surface area (Å²) >= 11 is 0. The molecule has 2 rings (SSSR count). The summed E-state index contributed by atoms with van der Waals surface area (Å²) in [5.41, 5.74) is 0. The van der Waals surface area contributed by atoms with Crippen LogP contribution in [0.1, 0.15) is 31.5 Å². The lowest BCUT2D eigenvalue weighted by atomic mass is 9.94. The van der Waals surface area contributed by atoms with E-state index in [9.17, 15) is 0 Å². The highest BCUT2D eigenvalue weighted by atomic mass is 16.5. The van der Waals surface area contributed by atoms with Crippen LogP contribution < -0.4 is 5.32 Å². The number of hydrogen-bond acceptors (Lipinski definition) is 5. The van der Waals surface area contributed by atoms with Gasteiger partial charge < -0.3 is 14.7 Å². The first-order chi connectivity index (χ1) is 8.31. The van der Waals surface area contributed by atoms with Crippen LogP contribution in [-0.2, 0) is 13.0 Å². The first kappa shape index (κ1) is 12.5. The highest BCUT2D eigenvalue weighted by Crippen LogP contribution is 2.19. The minimum Gasteiger partial charge on any atom is -0.338 e. The maximum Gasteiger partial charge on any atom is 0.240 e. The van der Waals surface area contributed by atoms with Gasteiger partial charge in [0.15, 0.2) is 5.82 Å². The molecule has 96 valence electrons. The Balaban J connectivity index is 1.86. The first-order valence-electron chi connectivity index (χ1n) is 6.50. The molecule has 0 radical (unpaired) electrons. The Bertz CT molecular complexity index is 339. The van der Waals surface area contributed by atoms with Crippen molar-refractivity contribution in [2.75, 3.05) is 26.7 Å². The molecule has 1 N–H and O–H groups in total. The van der Waals surface area contributed by atoms with E-state index in [4.69, 9.17) is 4.52 Å². The van der Waals surface area contributed by atoms with Crippen molar-refractivity contribution in [3.05, 3.63) is 11.7 Å². The number of aromatic nitrogens is 2. The highest BCUT2D eigenvalue weighted by molar-refractivity contribution is 4.89. The summed E-state index contributed by atoms with van der Waals surface area (Å²) in [6.45, 7) is 6.44. The molecule has 2 heterocycles. The van der Waals surface area contributed by atoms with Gasteiger partial charge >= 0.3 is 0 Å². The number of piperidine rings is 1. The summed E-state index contributed by atoms with van der Waals surface area (Å²) in [4.78, 5) is 6.89. The van der Waals surface area contributed by atoms with Crippen molar-refractivity contribution < 1.29 is 4.52 Å². The van der Waals surface area contributed by atoms with E-state index in [0.29, 0.717) is 18.4 Å². The molecule has 0 spiro atoms. The zero-order chi connectivity index (χ0) is 12.1. The minimum absolute atomic E-state index is 0.652. The normalized spacial score (nSPS) is 21.9. The molecule has 1 atom stereocenters. The van der Waals surface area contributed by atoms with Gasteiger partial charge in [0.25, 0.3) is 0 Å². The summed E-state index contributed by atoms with van der Waals surface area (Å²) in [6.07, 6.45) is 3.52. The zero-order valence-electron chi connectivity index (χ0n) is 10.8. The van der Waals surface area contributed by atoms with Gasteiger partial charge in [-0.1, -0.05) is 12.1 Å². The summed E-state index contributed by atoms with van der Waals surface area (Å²) < 4.78 is 5.16. The van der Waals surface area contributed by atoms with Crippen molar-refractivity contribution in [1.82, 2.24) is 20.4 Å². The van der Waals surface area contributed by atoms with Crippen molar-refractivity contribution in [1.29, 1.82) is 0 Å². The third-order valence-electron chi connectivity index (χ3n) is 3.36. The van der Waals surface area contributed by atoms with Crippen LogP contribution in [-0.4, -0.2) is 41.7 Å². The van der Waals surface area contributed by atoms with E-state index >= 15 is 0 Å². The van der Waals surface area contributed by atoms with Crippen LogP contribution in [0.5, 0.6) is 0 Å². The molecule has 1 aliphatic heterocycles. The number of likely N-dealkylation sites (tertiary alicyclic amines) is 1. The monoisotopic (exact) mass is 238 g/mol. The molecular weight excluding hydrogens is 216 g/mol. The van der Waals surface area contributed by atoms with Crippen molar-refractivity contribution in [2.24, 2.45) is 5.92 Å². The minimum atomic E-state index is 0.652. The Hall–Kier alpha value is -0.940. The van der Waals surface area contributed by atoms with Gasteiger partial charge in [0.1, 0.15) is 0 Å². The second-order valence-corrected chi connectivity index (χ2v) is 4.74. The topological polar surface area (TPSA) is 54.2 Å². The van der Waals surface area contributed by atoms with Crippen LogP contribution >= 0.6 is 0 Å². The summed E-state index contributed by atoms with van der Waals surface area (Å²) in [7, 11) is 1.88. The van der Waals surface area contributed by atoms with E-state index in [-0.39, 0.29) is 0 Å².